The van der Waals surface area contributed by atoms with Crippen LogP contribution in [0.5, 0.6) is 5.88 Å². The summed E-state index contributed by atoms with van der Waals surface area (Å²) in [5, 5.41) is 2.20. The number of aryl methyl sites for hydroxylation is 1. The number of ether oxygens (including phenoxy) is 1. The zero-order valence-electron chi connectivity index (χ0n) is 14.3. The number of anilines is 1. The van der Waals surface area contributed by atoms with E-state index in [1.54, 1.807) is 13.4 Å². The van der Waals surface area contributed by atoms with Gasteiger partial charge in [0.05, 0.1) is 7.11 Å². The van der Waals surface area contributed by atoms with E-state index in [9.17, 15) is 0 Å². The summed E-state index contributed by atoms with van der Waals surface area (Å²) in [7, 11) is 1.66. The molecular formula is C18H24N4OS. The Morgan fingerprint density at radius 3 is 2.88 bits per heavy atom. The SMILES string of the molecule is COc1cc(N(C2CC2)C2CCN(Cc3sccc3C)C2)ncn1. The van der Waals surface area contributed by atoms with Gasteiger partial charge < -0.3 is 9.64 Å². The second-order valence-electron chi connectivity index (χ2n) is 6.76. The van der Waals surface area contributed by atoms with Gasteiger partial charge in [-0.2, -0.15) is 0 Å². The smallest absolute Gasteiger partial charge is 0.218 e. The van der Waals surface area contributed by atoms with E-state index < -0.39 is 0 Å². The molecule has 0 N–H and O–H groups in total. The molecule has 24 heavy (non-hydrogen) atoms. The molecule has 0 aromatic carbocycles. The lowest BCUT2D eigenvalue weighted by Crippen LogP contribution is -2.39. The largest absolute Gasteiger partial charge is 0.481 e. The molecule has 1 unspecified atom stereocenters. The number of likely N-dealkylation sites (tertiary alicyclic amines) is 1. The van der Waals surface area contributed by atoms with E-state index in [1.807, 2.05) is 17.4 Å². The van der Waals surface area contributed by atoms with Crippen molar-refractivity contribution in [1.82, 2.24) is 14.9 Å². The third-order valence-corrected chi connectivity index (χ3v) is 6.03. The number of rotatable bonds is 6. The van der Waals surface area contributed by atoms with Gasteiger partial charge in [0, 0.05) is 42.7 Å². The Morgan fingerprint density at radius 2 is 2.17 bits per heavy atom. The van der Waals surface area contributed by atoms with Gasteiger partial charge in [-0.3, -0.25) is 4.90 Å². The summed E-state index contributed by atoms with van der Waals surface area (Å²) in [6, 6.07) is 5.37. The summed E-state index contributed by atoms with van der Waals surface area (Å²) in [5.74, 6) is 1.67. The summed E-state index contributed by atoms with van der Waals surface area (Å²) in [4.78, 5) is 15.3. The highest BCUT2D eigenvalue weighted by Gasteiger charge is 2.38. The summed E-state index contributed by atoms with van der Waals surface area (Å²) in [6.45, 7) is 5.56. The molecule has 4 rings (SSSR count). The van der Waals surface area contributed by atoms with Crippen LogP contribution in [0.3, 0.4) is 0 Å². The molecule has 0 amide bonds. The van der Waals surface area contributed by atoms with Gasteiger partial charge >= 0.3 is 0 Å². The molecule has 2 aromatic heterocycles. The lowest BCUT2D eigenvalue weighted by molar-refractivity contribution is 0.327. The predicted octanol–water partition coefficient (Wildman–Crippen LogP) is 3.10. The first-order valence-corrected chi connectivity index (χ1v) is 9.52. The topological polar surface area (TPSA) is 41.5 Å². The molecule has 0 bridgehead atoms. The Hall–Kier alpha value is -1.66. The Bertz CT molecular complexity index is 700. The second-order valence-corrected chi connectivity index (χ2v) is 7.76. The van der Waals surface area contributed by atoms with Gasteiger partial charge in [0.25, 0.3) is 0 Å². The lowest BCUT2D eigenvalue weighted by atomic mass is 10.2. The number of hydrogen-bond donors (Lipinski definition) is 0. The van der Waals surface area contributed by atoms with E-state index in [1.165, 1.54) is 29.7 Å². The lowest BCUT2D eigenvalue weighted by Gasteiger charge is -2.30. The Balaban J connectivity index is 1.48. The fraction of sp³-hybridized carbons (Fsp3) is 0.556. The Kier molecular flexibility index (Phi) is 4.41. The molecule has 2 aliphatic rings. The number of aromatic nitrogens is 2. The maximum absolute atomic E-state index is 5.29. The van der Waals surface area contributed by atoms with Crippen LogP contribution in [0.1, 0.15) is 29.7 Å². The van der Waals surface area contributed by atoms with Crippen molar-refractivity contribution in [1.29, 1.82) is 0 Å². The highest BCUT2D eigenvalue weighted by atomic mass is 32.1. The van der Waals surface area contributed by atoms with Crippen molar-refractivity contribution in [2.45, 2.75) is 44.8 Å². The van der Waals surface area contributed by atoms with Gasteiger partial charge in [-0.1, -0.05) is 0 Å². The highest BCUT2D eigenvalue weighted by Crippen LogP contribution is 2.36. The van der Waals surface area contributed by atoms with E-state index >= 15 is 0 Å². The van der Waals surface area contributed by atoms with Gasteiger partial charge in [-0.25, -0.2) is 9.97 Å². The molecule has 1 atom stereocenters. The van der Waals surface area contributed by atoms with E-state index in [2.05, 4.69) is 38.1 Å². The average molecular weight is 344 g/mol. The zero-order valence-corrected chi connectivity index (χ0v) is 15.1. The van der Waals surface area contributed by atoms with Crippen LogP contribution in [-0.2, 0) is 6.54 Å². The van der Waals surface area contributed by atoms with Crippen molar-refractivity contribution >= 4 is 17.2 Å². The van der Waals surface area contributed by atoms with Crippen LogP contribution in [0.25, 0.3) is 0 Å². The molecule has 3 heterocycles. The maximum Gasteiger partial charge on any atom is 0.218 e. The van der Waals surface area contributed by atoms with Crippen LogP contribution in [0, 0.1) is 6.92 Å². The standard InChI is InChI=1S/C18H24N4OS/c1-13-6-8-24-16(13)11-21-7-5-15(10-21)22(14-3-4-14)17-9-18(23-2)20-12-19-17/h6,8-9,12,14-15H,3-5,7,10-11H2,1-2H3. The summed E-state index contributed by atoms with van der Waals surface area (Å²) >= 11 is 1.87. The van der Waals surface area contributed by atoms with Crippen molar-refractivity contribution in [2.24, 2.45) is 0 Å². The molecular weight excluding hydrogens is 320 g/mol. The Morgan fingerprint density at radius 1 is 1.29 bits per heavy atom. The first kappa shape index (κ1) is 15.8. The minimum Gasteiger partial charge on any atom is -0.481 e. The van der Waals surface area contributed by atoms with Crippen LogP contribution in [0.15, 0.2) is 23.8 Å². The molecule has 0 spiro atoms. The quantitative estimate of drug-likeness (QED) is 0.805. The maximum atomic E-state index is 5.29. The van der Waals surface area contributed by atoms with Gasteiger partial charge in [0.1, 0.15) is 12.1 Å². The second kappa shape index (κ2) is 6.69. The van der Waals surface area contributed by atoms with E-state index in [0.717, 1.165) is 25.5 Å². The average Bonchev–Trinajstić information content (AvgIpc) is 3.19. The van der Waals surface area contributed by atoms with Crippen LogP contribution in [-0.4, -0.2) is 47.2 Å². The molecule has 128 valence electrons. The summed E-state index contributed by atoms with van der Waals surface area (Å²) in [5.41, 5.74) is 1.42. The van der Waals surface area contributed by atoms with Crippen LogP contribution in [0.4, 0.5) is 5.82 Å². The highest BCUT2D eigenvalue weighted by molar-refractivity contribution is 7.10. The molecule has 1 saturated heterocycles. The number of nitrogens with zero attached hydrogens (tertiary/aromatic N) is 4. The van der Waals surface area contributed by atoms with Crippen LogP contribution in [0.2, 0.25) is 0 Å². The zero-order chi connectivity index (χ0) is 16.5. The minimum atomic E-state index is 0.539. The molecule has 2 fully saturated rings. The molecule has 5 nitrogen and oxygen atoms in total. The minimum absolute atomic E-state index is 0.539. The fourth-order valence-electron chi connectivity index (χ4n) is 3.56. The fourth-order valence-corrected chi connectivity index (χ4v) is 4.51. The van der Waals surface area contributed by atoms with Crippen molar-refractivity contribution in [2.75, 3.05) is 25.1 Å². The van der Waals surface area contributed by atoms with Gasteiger partial charge in [0.2, 0.25) is 5.88 Å². The van der Waals surface area contributed by atoms with Crippen molar-refractivity contribution in [3.8, 4) is 5.88 Å². The Labute approximate surface area is 147 Å². The van der Waals surface area contributed by atoms with E-state index in [0.29, 0.717) is 18.0 Å². The van der Waals surface area contributed by atoms with Crippen molar-refractivity contribution in [3.05, 3.63) is 34.3 Å². The van der Waals surface area contributed by atoms with Crippen molar-refractivity contribution < 1.29 is 4.74 Å². The number of methoxy groups -OCH3 is 1. The van der Waals surface area contributed by atoms with E-state index in [4.69, 9.17) is 4.74 Å². The molecule has 1 aliphatic heterocycles. The first-order chi connectivity index (χ1) is 11.7. The van der Waals surface area contributed by atoms with E-state index in [-0.39, 0.29) is 0 Å². The number of thiophene rings is 1. The van der Waals surface area contributed by atoms with Gasteiger partial charge in [-0.15, -0.1) is 11.3 Å². The first-order valence-electron chi connectivity index (χ1n) is 8.64. The molecule has 6 heteroatoms. The van der Waals surface area contributed by atoms with Crippen molar-refractivity contribution in [3.63, 3.8) is 0 Å². The van der Waals surface area contributed by atoms with Crippen LogP contribution >= 0.6 is 11.3 Å². The monoisotopic (exact) mass is 344 g/mol. The summed E-state index contributed by atoms with van der Waals surface area (Å²) < 4.78 is 5.29. The molecule has 2 aromatic rings. The molecule has 0 radical (unpaired) electrons. The van der Waals surface area contributed by atoms with Gasteiger partial charge in [-0.05, 0) is 43.2 Å². The number of hydrogen-bond acceptors (Lipinski definition) is 6. The molecule has 1 saturated carbocycles. The predicted molar refractivity (Wildman–Crippen MR) is 96.8 cm³/mol. The molecule has 1 aliphatic carbocycles. The summed E-state index contributed by atoms with van der Waals surface area (Å²) in [6.07, 6.45) is 5.36. The van der Waals surface area contributed by atoms with Crippen LogP contribution < -0.4 is 9.64 Å². The normalized spacial score (nSPS) is 21.2. The third-order valence-electron chi connectivity index (χ3n) is 5.02. The third kappa shape index (κ3) is 3.26. The van der Waals surface area contributed by atoms with Gasteiger partial charge in [0.15, 0.2) is 0 Å².